The molecule has 0 amide bonds. The fourth-order valence-corrected chi connectivity index (χ4v) is 1.86. The van der Waals surface area contributed by atoms with E-state index >= 15 is 0 Å². The van der Waals surface area contributed by atoms with Crippen LogP contribution in [0.4, 0.5) is 0 Å². The van der Waals surface area contributed by atoms with E-state index in [0.717, 1.165) is 16.3 Å². The van der Waals surface area contributed by atoms with Crippen molar-refractivity contribution in [3.05, 3.63) is 28.8 Å². The average Bonchev–Trinajstić information content (AvgIpc) is 3.01. The largest absolute Gasteiger partial charge is 0.497 e. The van der Waals surface area contributed by atoms with Crippen molar-refractivity contribution < 1.29 is 4.74 Å². The number of benzene rings is 1. The van der Waals surface area contributed by atoms with E-state index in [-0.39, 0.29) is 6.04 Å². The zero-order valence-corrected chi connectivity index (χ0v) is 8.92. The molecule has 14 heavy (non-hydrogen) atoms. The van der Waals surface area contributed by atoms with Gasteiger partial charge in [0.25, 0.3) is 0 Å². The van der Waals surface area contributed by atoms with Crippen LogP contribution in [-0.4, -0.2) is 7.11 Å². The van der Waals surface area contributed by atoms with Crippen molar-refractivity contribution in [1.29, 1.82) is 0 Å². The monoisotopic (exact) mass is 211 g/mol. The number of ether oxygens (including phenoxy) is 1. The molecule has 1 aliphatic carbocycles. The summed E-state index contributed by atoms with van der Waals surface area (Å²) in [6.45, 7) is 0. The molecule has 1 aromatic rings. The molecule has 1 aromatic carbocycles. The maximum atomic E-state index is 6.08. The number of hydrogen-bond donors (Lipinski definition) is 1. The summed E-state index contributed by atoms with van der Waals surface area (Å²) >= 11 is 6.08. The Hall–Kier alpha value is -0.730. The predicted octanol–water partition coefficient (Wildman–Crippen LogP) is 2.76. The highest BCUT2D eigenvalue weighted by atomic mass is 35.5. The number of nitrogens with two attached hydrogens (primary N) is 1. The lowest BCUT2D eigenvalue weighted by Gasteiger charge is -2.13. The van der Waals surface area contributed by atoms with Crippen LogP contribution in [0.1, 0.15) is 24.4 Å². The molecule has 0 bridgehead atoms. The lowest BCUT2D eigenvalue weighted by atomic mass is 10.0. The van der Waals surface area contributed by atoms with E-state index in [1.165, 1.54) is 12.8 Å². The molecule has 0 aliphatic heterocycles. The molecule has 0 radical (unpaired) electrons. The van der Waals surface area contributed by atoms with Crippen molar-refractivity contribution in [1.82, 2.24) is 0 Å². The zero-order valence-electron chi connectivity index (χ0n) is 8.16. The Morgan fingerprint density at radius 3 is 2.79 bits per heavy atom. The smallest absolute Gasteiger partial charge is 0.119 e. The average molecular weight is 212 g/mol. The standard InChI is InChI=1S/C11H14ClNO/c1-14-8-4-5-10(12)9(6-8)11(13)7-2-3-7/h4-7,11H,2-3,13H2,1H3. The first-order valence-electron chi connectivity index (χ1n) is 4.81. The fraction of sp³-hybridized carbons (Fsp3) is 0.455. The Labute approximate surface area is 89.0 Å². The Kier molecular flexibility index (Phi) is 2.66. The molecule has 2 nitrogen and oxygen atoms in total. The summed E-state index contributed by atoms with van der Waals surface area (Å²) in [5.41, 5.74) is 7.09. The van der Waals surface area contributed by atoms with E-state index in [2.05, 4.69) is 0 Å². The summed E-state index contributed by atoms with van der Waals surface area (Å²) in [6, 6.07) is 5.70. The van der Waals surface area contributed by atoms with Crippen LogP contribution in [0.2, 0.25) is 5.02 Å². The van der Waals surface area contributed by atoms with Gasteiger partial charge in [-0.15, -0.1) is 0 Å². The highest BCUT2D eigenvalue weighted by molar-refractivity contribution is 6.31. The van der Waals surface area contributed by atoms with Gasteiger partial charge in [-0.1, -0.05) is 11.6 Å². The lowest BCUT2D eigenvalue weighted by molar-refractivity contribution is 0.413. The first-order chi connectivity index (χ1) is 6.72. The van der Waals surface area contributed by atoms with Crippen molar-refractivity contribution >= 4 is 11.6 Å². The minimum absolute atomic E-state index is 0.0672. The molecule has 1 saturated carbocycles. The molecule has 0 spiro atoms. The van der Waals surface area contributed by atoms with Crippen LogP contribution < -0.4 is 10.5 Å². The first-order valence-corrected chi connectivity index (χ1v) is 5.19. The van der Waals surface area contributed by atoms with Crippen LogP contribution in [-0.2, 0) is 0 Å². The summed E-state index contributed by atoms with van der Waals surface area (Å²) in [6.07, 6.45) is 2.43. The van der Waals surface area contributed by atoms with E-state index in [4.69, 9.17) is 22.1 Å². The third-order valence-electron chi connectivity index (χ3n) is 2.69. The van der Waals surface area contributed by atoms with Crippen molar-refractivity contribution in [2.75, 3.05) is 7.11 Å². The van der Waals surface area contributed by atoms with Gasteiger partial charge in [-0.2, -0.15) is 0 Å². The van der Waals surface area contributed by atoms with Gasteiger partial charge in [-0.3, -0.25) is 0 Å². The predicted molar refractivity (Wildman–Crippen MR) is 57.7 cm³/mol. The number of halogens is 1. The Morgan fingerprint density at radius 2 is 2.21 bits per heavy atom. The van der Waals surface area contributed by atoms with E-state index in [1.54, 1.807) is 7.11 Å². The molecule has 0 heterocycles. The zero-order chi connectivity index (χ0) is 10.1. The van der Waals surface area contributed by atoms with Crippen LogP contribution >= 0.6 is 11.6 Å². The van der Waals surface area contributed by atoms with Crippen molar-refractivity contribution in [3.8, 4) is 5.75 Å². The van der Waals surface area contributed by atoms with Gasteiger partial charge in [0.2, 0.25) is 0 Å². The maximum absolute atomic E-state index is 6.08. The second kappa shape index (κ2) is 3.79. The molecule has 2 N–H and O–H groups in total. The van der Waals surface area contributed by atoms with E-state index in [9.17, 15) is 0 Å². The molecule has 0 aromatic heterocycles. The first kappa shape index (κ1) is 9.81. The van der Waals surface area contributed by atoms with Gasteiger partial charge < -0.3 is 10.5 Å². The molecular weight excluding hydrogens is 198 g/mol. The van der Waals surface area contributed by atoms with Gasteiger partial charge in [-0.05, 0) is 42.5 Å². The summed E-state index contributed by atoms with van der Waals surface area (Å²) in [5, 5.41) is 0.741. The molecule has 3 heteroatoms. The molecule has 1 aliphatic rings. The van der Waals surface area contributed by atoms with Gasteiger partial charge in [-0.25, -0.2) is 0 Å². The van der Waals surface area contributed by atoms with Gasteiger partial charge >= 0.3 is 0 Å². The number of methoxy groups -OCH3 is 1. The third kappa shape index (κ3) is 1.86. The second-order valence-corrected chi connectivity index (χ2v) is 4.16. The Bertz CT molecular complexity index is 336. The minimum atomic E-state index is 0.0672. The SMILES string of the molecule is COc1ccc(Cl)c(C(N)C2CC2)c1. The highest BCUT2D eigenvalue weighted by Gasteiger charge is 2.30. The van der Waals surface area contributed by atoms with E-state index in [0.29, 0.717) is 5.92 Å². The van der Waals surface area contributed by atoms with Crippen molar-refractivity contribution in [2.45, 2.75) is 18.9 Å². The van der Waals surface area contributed by atoms with E-state index in [1.807, 2.05) is 18.2 Å². The molecule has 76 valence electrons. The molecule has 1 atom stereocenters. The highest BCUT2D eigenvalue weighted by Crippen LogP contribution is 2.42. The minimum Gasteiger partial charge on any atom is -0.497 e. The lowest BCUT2D eigenvalue weighted by Crippen LogP contribution is -2.12. The van der Waals surface area contributed by atoms with Gasteiger partial charge in [0.15, 0.2) is 0 Å². The summed E-state index contributed by atoms with van der Waals surface area (Å²) in [4.78, 5) is 0. The Morgan fingerprint density at radius 1 is 1.50 bits per heavy atom. The van der Waals surface area contributed by atoms with E-state index < -0.39 is 0 Å². The summed E-state index contributed by atoms with van der Waals surface area (Å²) in [5.74, 6) is 1.43. The molecule has 2 rings (SSSR count). The molecule has 1 unspecified atom stereocenters. The maximum Gasteiger partial charge on any atom is 0.119 e. The van der Waals surface area contributed by atoms with Gasteiger partial charge in [0.05, 0.1) is 7.11 Å². The molecule has 1 fully saturated rings. The second-order valence-electron chi connectivity index (χ2n) is 3.75. The summed E-state index contributed by atoms with van der Waals surface area (Å²) in [7, 11) is 1.65. The van der Waals surface area contributed by atoms with Gasteiger partial charge in [0.1, 0.15) is 5.75 Å². The van der Waals surface area contributed by atoms with Crippen LogP contribution in [0.15, 0.2) is 18.2 Å². The quantitative estimate of drug-likeness (QED) is 0.835. The third-order valence-corrected chi connectivity index (χ3v) is 3.04. The van der Waals surface area contributed by atoms with Crippen molar-refractivity contribution in [2.24, 2.45) is 11.7 Å². The van der Waals surface area contributed by atoms with Crippen LogP contribution in [0.3, 0.4) is 0 Å². The Balaban J connectivity index is 2.29. The van der Waals surface area contributed by atoms with Crippen LogP contribution in [0.5, 0.6) is 5.75 Å². The summed E-state index contributed by atoms with van der Waals surface area (Å²) < 4.78 is 5.15. The number of hydrogen-bond acceptors (Lipinski definition) is 2. The number of rotatable bonds is 3. The molecule has 0 saturated heterocycles. The fourth-order valence-electron chi connectivity index (χ4n) is 1.61. The normalized spacial score (nSPS) is 17.9. The van der Waals surface area contributed by atoms with Crippen molar-refractivity contribution in [3.63, 3.8) is 0 Å². The molecular formula is C11H14ClNO. The van der Waals surface area contributed by atoms with Crippen LogP contribution in [0, 0.1) is 5.92 Å². The van der Waals surface area contributed by atoms with Gasteiger partial charge in [0, 0.05) is 11.1 Å². The van der Waals surface area contributed by atoms with Crippen LogP contribution in [0.25, 0.3) is 0 Å². The topological polar surface area (TPSA) is 35.2 Å².